The molecule has 6 heteroatoms. The average molecular weight is 435 g/mol. The van der Waals surface area contributed by atoms with Gasteiger partial charge in [0.05, 0.1) is 6.61 Å². The van der Waals surface area contributed by atoms with Gasteiger partial charge in [-0.05, 0) is 55.0 Å². The lowest BCUT2D eigenvalue weighted by atomic mass is 9.74. The summed E-state index contributed by atoms with van der Waals surface area (Å²) in [5.74, 6) is 0.239. The first kappa shape index (κ1) is 21.4. The van der Waals surface area contributed by atoms with Gasteiger partial charge in [-0.3, -0.25) is 9.88 Å². The molecule has 3 fully saturated rings. The van der Waals surface area contributed by atoms with Gasteiger partial charge in [0.2, 0.25) is 0 Å². The van der Waals surface area contributed by atoms with Crippen LogP contribution in [0.25, 0.3) is 11.1 Å². The molecule has 3 aliphatic rings. The van der Waals surface area contributed by atoms with Crippen LogP contribution < -0.4 is 5.32 Å². The summed E-state index contributed by atoms with van der Waals surface area (Å²) in [7, 11) is 0. The normalized spacial score (nSPS) is 26.7. The third kappa shape index (κ3) is 4.26. The molecule has 6 nitrogen and oxygen atoms in total. The Morgan fingerprint density at radius 1 is 1.03 bits per heavy atom. The molecular formula is C26H34N4O2. The number of carbonyl (C=O) groups is 1. The predicted octanol–water partition coefficient (Wildman–Crippen LogP) is 3.63. The van der Waals surface area contributed by atoms with Gasteiger partial charge in [-0.25, -0.2) is 4.79 Å². The van der Waals surface area contributed by atoms with Crippen LogP contribution in [0.5, 0.6) is 0 Å². The number of hydrogen-bond donors (Lipinski definition) is 2. The van der Waals surface area contributed by atoms with Crippen LogP contribution in [0.1, 0.15) is 50.0 Å². The standard InChI is InChI=1S/C26H34N4O2/c31-18-24-25(20-11-9-19(10-12-20)21-6-5-13-27-16-21)23-17-29(14-3-4-15-30(23)24)26(32)28-22-7-1-2-8-22/h5-6,9-13,16,22-25,31H,1-4,7-8,14-15,17-18H2,(H,28,32)/t23-,24-,25-/m1/s1. The van der Waals surface area contributed by atoms with Crippen molar-refractivity contribution in [1.82, 2.24) is 20.1 Å². The van der Waals surface area contributed by atoms with Crippen LogP contribution in [0, 0.1) is 0 Å². The lowest BCUT2D eigenvalue weighted by Gasteiger charge is -2.57. The van der Waals surface area contributed by atoms with E-state index in [9.17, 15) is 9.90 Å². The Kier molecular flexibility index (Phi) is 6.42. The predicted molar refractivity (Wildman–Crippen MR) is 125 cm³/mol. The topological polar surface area (TPSA) is 68.7 Å². The average Bonchev–Trinajstić information content (AvgIpc) is 3.32. The number of urea groups is 1. The minimum Gasteiger partial charge on any atom is -0.395 e. The van der Waals surface area contributed by atoms with E-state index < -0.39 is 0 Å². The van der Waals surface area contributed by atoms with Gasteiger partial charge in [-0.1, -0.05) is 43.2 Å². The van der Waals surface area contributed by atoms with Crippen LogP contribution in [-0.4, -0.2) is 70.3 Å². The highest BCUT2D eigenvalue weighted by Gasteiger charge is 2.49. The molecule has 0 unspecified atom stereocenters. The fourth-order valence-electron chi connectivity index (χ4n) is 5.89. The Labute approximate surface area is 190 Å². The number of benzene rings is 1. The van der Waals surface area contributed by atoms with Crippen LogP contribution in [0.3, 0.4) is 0 Å². The number of aliphatic hydroxyl groups excluding tert-OH is 1. The van der Waals surface area contributed by atoms with Crippen molar-refractivity contribution in [3.63, 3.8) is 0 Å². The smallest absolute Gasteiger partial charge is 0.317 e. The minimum absolute atomic E-state index is 0.0943. The largest absolute Gasteiger partial charge is 0.395 e. The van der Waals surface area contributed by atoms with Crippen LogP contribution in [0.15, 0.2) is 48.8 Å². The molecule has 1 aliphatic carbocycles. The maximum absolute atomic E-state index is 13.0. The first-order chi connectivity index (χ1) is 15.7. The van der Waals surface area contributed by atoms with Crippen LogP contribution >= 0.6 is 0 Å². The van der Waals surface area contributed by atoms with E-state index in [-0.39, 0.29) is 30.6 Å². The number of fused-ring (bicyclic) bond motifs is 1. The van der Waals surface area contributed by atoms with Crippen molar-refractivity contribution in [2.75, 3.05) is 26.2 Å². The van der Waals surface area contributed by atoms with Gasteiger partial charge in [0.25, 0.3) is 0 Å². The van der Waals surface area contributed by atoms with E-state index in [0.717, 1.165) is 56.4 Å². The van der Waals surface area contributed by atoms with Gasteiger partial charge in [0.1, 0.15) is 0 Å². The molecule has 1 aromatic carbocycles. The lowest BCUT2D eigenvalue weighted by Crippen LogP contribution is -2.68. The molecule has 0 spiro atoms. The molecule has 3 atom stereocenters. The van der Waals surface area contributed by atoms with Crippen LogP contribution in [-0.2, 0) is 0 Å². The molecule has 32 heavy (non-hydrogen) atoms. The number of nitrogens with one attached hydrogen (secondary N) is 1. The number of pyridine rings is 1. The lowest BCUT2D eigenvalue weighted by molar-refractivity contribution is -0.0591. The van der Waals surface area contributed by atoms with Gasteiger partial charge < -0.3 is 15.3 Å². The van der Waals surface area contributed by atoms with Crippen molar-refractivity contribution in [3.8, 4) is 11.1 Å². The molecule has 0 radical (unpaired) electrons. The monoisotopic (exact) mass is 434 g/mol. The van der Waals surface area contributed by atoms with Crippen molar-refractivity contribution in [1.29, 1.82) is 0 Å². The molecule has 2 N–H and O–H groups in total. The number of amides is 2. The molecule has 2 aromatic rings. The van der Waals surface area contributed by atoms with Crippen LogP contribution in [0.2, 0.25) is 0 Å². The van der Waals surface area contributed by atoms with Crippen LogP contribution in [0.4, 0.5) is 4.79 Å². The number of nitrogens with zero attached hydrogens (tertiary/aromatic N) is 3. The Morgan fingerprint density at radius 3 is 2.53 bits per heavy atom. The number of rotatable bonds is 4. The van der Waals surface area contributed by atoms with Crippen molar-refractivity contribution >= 4 is 6.03 Å². The third-order valence-electron chi connectivity index (χ3n) is 7.63. The SMILES string of the molecule is O=C(NC1CCCC1)N1CCCCN2[C@H](CO)[C@H](c3ccc(-c4cccnc4)cc3)[C@H]2C1. The summed E-state index contributed by atoms with van der Waals surface area (Å²) < 4.78 is 0. The van der Waals surface area contributed by atoms with E-state index in [2.05, 4.69) is 45.5 Å². The van der Waals surface area contributed by atoms with E-state index in [0.29, 0.717) is 6.04 Å². The molecule has 0 bridgehead atoms. The van der Waals surface area contributed by atoms with Gasteiger partial charge in [0, 0.05) is 49.5 Å². The molecule has 1 saturated carbocycles. The Bertz CT molecular complexity index is 898. The molecule has 1 aromatic heterocycles. The zero-order valence-electron chi connectivity index (χ0n) is 18.7. The highest BCUT2D eigenvalue weighted by molar-refractivity contribution is 5.74. The van der Waals surface area contributed by atoms with Crippen molar-refractivity contribution in [3.05, 3.63) is 54.4 Å². The Hall–Kier alpha value is -2.44. The van der Waals surface area contributed by atoms with Crippen molar-refractivity contribution in [2.24, 2.45) is 0 Å². The summed E-state index contributed by atoms with van der Waals surface area (Å²) in [6.45, 7) is 2.70. The number of aliphatic hydroxyl groups is 1. The molecule has 5 rings (SSSR count). The van der Waals surface area contributed by atoms with Gasteiger partial charge in [0.15, 0.2) is 0 Å². The fourth-order valence-corrected chi connectivity index (χ4v) is 5.89. The maximum Gasteiger partial charge on any atom is 0.317 e. The Balaban J connectivity index is 1.33. The van der Waals surface area contributed by atoms with Gasteiger partial charge >= 0.3 is 6.03 Å². The van der Waals surface area contributed by atoms with E-state index in [1.165, 1.54) is 18.4 Å². The van der Waals surface area contributed by atoms with Gasteiger partial charge in [-0.15, -0.1) is 0 Å². The zero-order chi connectivity index (χ0) is 21.9. The fraction of sp³-hybridized carbons (Fsp3) is 0.538. The number of aromatic nitrogens is 1. The molecule has 170 valence electrons. The third-order valence-corrected chi connectivity index (χ3v) is 7.63. The quantitative estimate of drug-likeness (QED) is 0.771. The highest BCUT2D eigenvalue weighted by Crippen LogP contribution is 2.42. The molecule has 2 saturated heterocycles. The van der Waals surface area contributed by atoms with E-state index in [1.807, 2.05) is 17.2 Å². The van der Waals surface area contributed by atoms with E-state index in [1.54, 1.807) is 6.20 Å². The molecule has 2 aliphatic heterocycles. The van der Waals surface area contributed by atoms with E-state index >= 15 is 0 Å². The summed E-state index contributed by atoms with van der Waals surface area (Å²) in [6, 6.07) is 13.5. The summed E-state index contributed by atoms with van der Waals surface area (Å²) in [5.41, 5.74) is 3.50. The first-order valence-corrected chi connectivity index (χ1v) is 12.2. The molecular weight excluding hydrogens is 400 g/mol. The second-order valence-electron chi connectivity index (χ2n) is 9.53. The molecule has 2 amide bonds. The maximum atomic E-state index is 13.0. The first-order valence-electron chi connectivity index (χ1n) is 12.2. The summed E-state index contributed by atoms with van der Waals surface area (Å²) >= 11 is 0. The summed E-state index contributed by atoms with van der Waals surface area (Å²) in [4.78, 5) is 21.7. The van der Waals surface area contributed by atoms with E-state index in [4.69, 9.17) is 0 Å². The number of hydrogen-bond acceptors (Lipinski definition) is 4. The Morgan fingerprint density at radius 2 is 1.81 bits per heavy atom. The second kappa shape index (κ2) is 9.59. The van der Waals surface area contributed by atoms with Crippen molar-refractivity contribution in [2.45, 2.75) is 62.6 Å². The number of carbonyl (C=O) groups excluding carboxylic acids is 1. The second-order valence-corrected chi connectivity index (χ2v) is 9.53. The highest BCUT2D eigenvalue weighted by atomic mass is 16.3. The summed E-state index contributed by atoms with van der Waals surface area (Å²) in [6.07, 6.45) is 10.4. The summed E-state index contributed by atoms with van der Waals surface area (Å²) in [5, 5.41) is 13.4. The minimum atomic E-state index is 0.0943. The zero-order valence-corrected chi connectivity index (χ0v) is 18.7. The van der Waals surface area contributed by atoms with Crippen molar-refractivity contribution < 1.29 is 9.90 Å². The van der Waals surface area contributed by atoms with Gasteiger partial charge in [-0.2, -0.15) is 0 Å². The molecule has 3 heterocycles.